The lowest BCUT2D eigenvalue weighted by Crippen LogP contribution is -2.43. The second kappa shape index (κ2) is 6.08. The molecule has 2 aromatic heterocycles. The highest BCUT2D eigenvalue weighted by Crippen LogP contribution is 2.13. The van der Waals surface area contributed by atoms with Crippen molar-refractivity contribution in [1.29, 1.82) is 0 Å². The van der Waals surface area contributed by atoms with E-state index in [9.17, 15) is 9.59 Å². The van der Waals surface area contributed by atoms with Crippen molar-refractivity contribution in [3.05, 3.63) is 27.2 Å². The van der Waals surface area contributed by atoms with Crippen LogP contribution in [0.5, 0.6) is 0 Å². The number of imidazole rings is 1. The maximum atomic E-state index is 12.8. The van der Waals surface area contributed by atoms with E-state index in [0.29, 0.717) is 36.7 Å². The predicted molar refractivity (Wildman–Crippen MR) is 85.2 cm³/mol. The van der Waals surface area contributed by atoms with Crippen molar-refractivity contribution in [3.63, 3.8) is 0 Å². The van der Waals surface area contributed by atoms with Crippen LogP contribution in [0.1, 0.15) is 26.7 Å². The molecule has 0 unspecified atom stereocenters. The van der Waals surface area contributed by atoms with Crippen LogP contribution in [0.15, 0.2) is 15.9 Å². The van der Waals surface area contributed by atoms with E-state index in [1.807, 2.05) is 18.4 Å². The van der Waals surface area contributed by atoms with Gasteiger partial charge in [-0.1, -0.05) is 0 Å². The molecule has 0 spiro atoms. The lowest BCUT2D eigenvalue weighted by molar-refractivity contribution is 0.322. The van der Waals surface area contributed by atoms with Crippen molar-refractivity contribution >= 4 is 11.2 Å². The van der Waals surface area contributed by atoms with E-state index in [4.69, 9.17) is 0 Å². The fourth-order valence-corrected chi connectivity index (χ4v) is 3.25. The third-order valence-corrected chi connectivity index (χ3v) is 4.54. The van der Waals surface area contributed by atoms with E-state index in [2.05, 4.69) is 10.3 Å². The second-order valence-corrected chi connectivity index (χ2v) is 5.84. The molecule has 22 heavy (non-hydrogen) atoms. The molecule has 7 heteroatoms. The first-order chi connectivity index (χ1) is 10.7. The number of aryl methyl sites for hydroxylation is 2. The second-order valence-electron chi connectivity index (χ2n) is 5.84. The average Bonchev–Trinajstić information content (AvgIpc) is 2.97. The summed E-state index contributed by atoms with van der Waals surface area (Å²) in [6.45, 7) is 7.48. The SMILES string of the molecule is CCn1cnc2c1c(=O)n(CC1CCNCC1)c(=O)n2CC. The number of aromatic nitrogens is 4. The van der Waals surface area contributed by atoms with E-state index in [1.165, 1.54) is 4.57 Å². The Hall–Kier alpha value is -1.89. The zero-order valence-corrected chi connectivity index (χ0v) is 13.2. The van der Waals surface area contributed by atoms with Gasteiger partial charge >= 0.3 is 5.69 Å². The highest BCUT2D eigenvalue weighted by Gasteiger charge is 2.20. The first kappa shape index (κ1) is 15.0. The normalized spacial score (nSPS) is 16.5. The number of fused-ring (bicyclic) bond motifs is 1. The van der Waals surface area contributed by atoms with Gasteiger partial charge in [-0.2, -0.15) is 0 Å². The maximum absolute atomic E-state index is 12.8. The molecule has 0 saturated carbocycles. The quantitative estimate of drug-likeness (QED) is 0.887. The summed E-state index contributed by atoms with van der Waals surface area (Å²) < 4.78 is 4.84. The van der Waals surface area contributed by atoms with Gasteiger partial charge in [0.05, 0.1) is 6.33 Å². The fourth-order valence-electron chi connectivity index (χ4n) is 3.25. The molecule has 2 aromatic rings. The molecule has 0 bridgehead atoms. The van der Waals surface area contributed by atoms with Crippen molar-refractivity contribution in [1.82, 2.24) is 24.0 Å². The van der Waals surface area contributed by atoms with Crippen molar-refractivity contribution in [2.75, 3.05) is 13.1 Å². The smallest absolute Gasteiger partial charge is 0.325 e. The number of nitrogens with zero attached hydrogens (tertiary/aromatic N) is 4. The van der Waals surface area contributed by atoms with E-state index in [1.54, 1.807) is 10.9 Å². The van der Waals surface area contributed by atoms with E-state index >= 15 is 0 Å². The molecule has 7 nitrogen and oxygen atoms in total. The highest BCUT2D eigenvalue weighted by atomic mass is 16.2. The van der Waals surface area contributed by atoms with Crippen molar-refractivity contribution in [3.8, 4) is 0 Å². The molecule has 1 aliphatic rings. The molecule has 1 fully saturated rings. The minimum atomic E-state index is -0.236. The van der Waals surface area contributed by atoms with Gasteiger partial charge < -0.3 is 9.88 Å². The van der Waals surface area contributed by atoms with Crippen molar-refractivity contribution in [2.45, 2.75) is 46.3 Å². The Labute approximate surface area is 128 Å². The van der Waals surface area contributed by atoms with Gasteiger partial charge in [-0.3, -0.25) is 13.9 Å². The number of hydrogen-bond acceptors (Lipinski definition) is 4. The molecular weight excluding hydrogens is 282 g/mol. The van der Waals surface area contributed by atoms with Crippen LogP contribution in [-0.4, -0.2) is 31.8 Å². The molecule has 1 N–H and O–H groups in total. The molecule has 0 amide bonds. The van der Waals surface area contributed by atoms with E-state index < -0.39 is 0 Å². The van der Waals surface area contributed by atoms with Gasteiger partial charge in [0.2, 0.25) is 0 Å². The predicted octanol–water partition coefficient (Wildman–Crippen LogP) is 0.399. The van der Waals surface area contributed by atoms with Gasteiger partial charge in [0.15, 0.2) is 11.2 Å². The molecule has 1 aliphatic heterocycles. The largest absolute Gasteiger partial charge is 0.332 e. The van der Waals surface area contributed by atoms with Crippen LogP contribution in [-0.2, 0) is 19.6 Å². The zero-order valence-electron chi connectivity index (χ0n) is 13.2. The number of hydrogen-bond donors (Lipinski definition) is 1. The summed E-state index contributed by atoms with van der Waals surface area (Å²) in [6.07, 6.45) is 3.65. The summed E-state index contributed by atoms with van der Waals surface area (Å²) in [5.41, 5.74) is 0.598. The van der Waals surface area contributed by atoms with Gasteiger partial charge in [0.1, 0.15) is 0 Å². The molecule has 0 aromatic carbocycles. The summed E-state index contributed by atoms with van der Waals surface area (Å²) in [5.74, 6) is 0.382. The van der Waals surface area contributed by atoms with Crippen LogP contribution >= 0.6 is 0 Å². The molecule has 0 radical (unpaired) electrons. The van der Waals surface area contributed by atoms with E-state index in [-0.39, 0.29) is 11.2 Å². The van der Waals surface area contributed by atoms with Gasteiger partial charge in [0, 0.05) is 19.6 Å². The van der Waals surface area contributed by atoms with Gasteiger partial charge in [-0.15, -0.1) is 0 Å². The molecule has 3 heterocycles. The molecule has 0 atom stereocenters. The van der Waals surface area contributed by atoms with Gasteiger partial charge in [-0.25, -0.2) is 9.78 Å². The topological polar surface area (TPSA) is 73.8 Å². The van der Waals surface area contributed by atoms with Crippen LogP contribution in [0.4, 0.5) is 0 Å². The monoisotopic (exact) mass is 305 g/mol. The summed E-state index contributed by atoms with van der Waals surface area (Å²) in [7, 11) is 0. The van der Waals surface area contributed by atoms with Gasteiger partial charge in [0.25, 0.3) is 5.56 Å². The Morgan fingerprint density at radius 3 is 2.55 bits per heavy atom. The summed E-state index contributed by atoms with van der Waals surface area (Å²) in [6, 6.07) is 0. The van der Waals surface area contributed by atoms with Crippen LogP contribution in [0.3, 0.4) is 0 Å². The standard InChI is InChI=1S/C15H23N5O2/c1-3-18-10-17-13-12(18)14(21)20(15(22)19(13)4-2)9-11-5-7-16-8-6-11/h10-11,16H,3-9H2,1-2H3. The molecule has 120 valence electrons. The molecule has 0 aliphatic carbocycles. The summed E-state index contributed by atoms with van der Waals surface area (Å²) >= 11 is 0. The Bertz CT molecular complexity index is 780. The Morgan fingerprint density at radius 2 is 1.91 bits per heavy atom. The molecule has 1 saturated heterocycles. The first-order valence-corrected chi connectivity index (χ1v) is 8.06. The minimum Gasteiger partial charge on any atom is -0.325 e. The molecular formula is C15H23N5O2. The van der Waals surface area contributed by atoms with E-state index in [0.717, 1.165) is 25.9 Å². The minimum absolute atomic E-state index is 0.206. The first-order valence-electron chi connectivity index (χ1n) is 8.06. The van der Waals surface area contributed by atoms with Crippen molar-refractivity contribution < 1.29 is 0 Å². The molecule has 3 rings (SSSR count). The number of rotatable bonds is 4. The number of nitrogens with one attached hydrogen (secondary N) is 1. The highest BCUT2D eigenvalue weighted by molar-refractivity contribution is 5.70. The van der Waals surface area contributed by atoms with Gasteiger partial charge in [-0.05, 0) is 45.7 Å². The third kappa shape index (κ3) is 2.39. The fraction of sp³-hybridized carbons (Fsp3) is 0.667. The average molecular weight is 305 g/mol. The third-order valence-electron chi connectivity index (χ3n) is 4.54. The summed E-state index contributed by atoms with van der Waals surface area (Å²) in [5, 5.41) is 3.31. The Morgan fingerprint density at radius 1 is 1.18 bits per heavy atom. The number of piperidine rings is 1. The summed E-state index contributed by atoms with van der Waals surface area (Å²) in [4.78, 5) is 29.7. The van der Waals surface area contributed by atoms with Crippen LogP contribution < -0.4 is 16.6 Å². The van der Waals surface area contributed by atoms with Crippen molar-refractivity contribution in [2.24, 2.45) is 5.92 Å². The van der Waals surface area contributed by atoms with Crippen LogP contribution in [0.25, 0.3) is 11.2 Å². The zero-order chi connectivity index (χ0) is 15.7. The lowest BCUT2D eigenvalue weighted by atomic mass is 9.98. The lowest BCUT2D eigenvalue weighted by Gasteiger charge is -2.23. The maximum Gasteiger partial charge on any atom is 0.332 e. The van der Waals surface area contributed by atoms with Crippen LogP contribution in [0, 0.1) is 5.92 Å². The Kier molecular flexibility index (Phi) is 4.15. The Balaban J connectivity index is 2.16. The van der Waals surface area contributed by atoms with Crippen LogP contribution in [0.2, 0.25) is 0 Å².